The smallest absolute Gasteiger partial charge is 0.101 e. The summed E-state index contributed by atoms with van der Waals surface area (Å²) < 4.78 is 4.40. The highest BCUT2D eigenvalue weighted by molar-refractivity contribution is 6.11. The quantitative estimate of drug-likeness (QED) is 0.193. The van der Waals surface area contributed by atoms with Gasteiger partial charge in [-0.05, 0) is 83.4 Å². The van der Waals surface area contributed by atoms with E-state index < -0.39 is 0 Å². The third kappa shape index (κ3) is 4.31. The lowest BCUT2D eigenvalue weighted by atomic mass is 9.92. The molecule has 5 heteroatoms. The summed E-state index contributed by atoms with van der Waals surface area (Å²) >= 11 is 0. The molecule has 0 unspecified atom stereocenters. The molecule has 0 saturated carbocycles. The second-order valence-electron chi connectivity index (χ2n) is 12.3. The van der Waals surface area contributed by atoms with E-state index in [2.05, 4.69) is 124 Å². The molecule has 0 amide bonds. The molecule has 230 valence electrons. The summed E-state index contributed by atoms with van der Waals surface area (Å²) in [5.41, 5.74) is 11.5. The van der Waals surface area contributed by atoms with E-state index in [0.717, 1.165) is 66.5 Å². The summed E-state index contributed by atoms with van der Waals surface area (Å²) in [4.78, 5) is 0. The van der Waals surface area contributed by atoms with Crippen LogP contribution in [0.5, 0.6) is 0 Å². The van der Waals surface area contributed by atoms with Crippen molar-refractivity contribution in [3.8, 4) is 51.8 Å². The van der Waals surface area contributed by atoms with Crippen LogP contribution < -0.4 is 0 Å². The fraction of sp³-hybridized carbons (Fsp3) is 0. The second kappa shape index (κ2) is 11.4. The number of rotatable bonds is 4. The zero-order valence-electron chi connectivity index (χ0n) is 26.7. The van der Waals surface area contributed by atoms with Gasteiger partial charge in [-0.15, -0.1) is 0 Å². The Kier molecular flexibility index (Phi) is 6.56. The van der Waals surface area contributed by atoms with Gasteiger partial charge in [-0.1, -0.05) is 84.9 Å². The first-order valence-electron chi connectivity index (χ1n) is 16.3. The van der Waals surface area contributed by atoms with Crippen LogP contribution in [0.3, 0.4) is 0 Å². The molecule has 0 saturated heterocycles. The Morgan fingerprint density at radius 1 is 0.360 bits per heavy atom. The molecule has 2 heterocycles. The van der Waals surface area contributed by atoms with E-state index in [1.165, 1.54) is 10.8 Å². The van der Waals surface area contributed by atoms with Crippen LogP contribution in [0, 0.1) is 34.0 Å². The van der Waals surface area contributed by atoms with Crippen LogP contribution in [-0.4, -0.2) is 9.13 Å². The number of para-hydroxylation sites is 3. The van der Waals surface area contributed by atoms with Crippen LogP contribution in [0.1, 0.15) is 16.7 Å². The highest BCUT2D eigenvalue weighted by atomic mass is 15.0. The van der Waals surface area contributed by atoms with E-state index in [-0.39, 0.29) is 0 Å². The Labute approximate surface area is 287 Å². The van der Waals surface area contributed by atoms with Crippen LogP contribution in [0.4, 0.5) is 0 Å². The Morgan fingerprint density at radius 3 is 1.46 bits per heavy atom. The molecule has 0 aliphatic heterocycles. The maximum absolute atomic E-state index is 10.6. The molecule has 0 bridgehead atoms. The van der Waals surface area contributed by atoms with Gasteiger partial charge in [0.1, 0.15) is 6.07 Å². The van der Waals surface area contributed by atoms with Crippen LogP contribution in [0.2, 0.25) is 0 Å². The number of aromatic nitrogens is 2. The van der Waals surface area contributed by atoms with Crippen molar-refractivity contribution in [2.24, 2.45) is 0 Å². The van der Waals surface area contributed by atoms with Gasteiger partial charge in [0.2, 0.25) is 0 Å². The number of nitrogens with zero attached hydrogens (tertiary/aromatic N) is 5. The SMILES string of the molecule is N#Cc1ccc2c(c1)c1cc(C#N)ccc1n2-c1ccc(-c2ccccc2-c2ccccc2-n2c3ccccc3c3ccccc32)cc1C#N. The van der Waals surface area contributed by atoms with E-state index in [0.29, 0.717) is 16.7 Å². The lowest BCUT2D eigenvalue weighted by Crippen LogP contribution is -1.99. The lowest BCUT2D eigenvalue weighted by Gasteiger charge is -2.17. The van der Waals surface area contributed by atoms with Crippen molar-refractivity contribution < 1.29 is 0 Å². The summed E-state index contributed by atoms with van der Waals surface area (Å²) in [6, 6.07) is 58.0. The van der Waals surface area contributed by atoms with Crippen LogP contribution in [0.15, 0.2) is 152 Å². The zero-order chi connectivity index (χ0) is 33.8. The number of nitriles is 3. The number of hydrogen-bond donors (Lipinski definition) is 0. The Morgan fingerprint density at radius 2 is 0.860 bits per heavy atom. The van der Waals surface area contributed by atoms with Crippen LogP contribution in [-0.2, 0) is 0 Å². The predicted molar refractivity (Wildman–Crippen MR) is 200 cm³/mol. The lowest BCUT2D eigenvalue weighted by molar-refractivity contribution is 1.17. The Bertz CT molecular complexity index is 2850. The molecule has 0 aliphatic rings. The fourth-order valence-electron chi connectivity index (χ4n) is 7.46. The molecule has 7 aromatic carbocycles. The van der Waals surface area contributed by atoms with Crippen molar-refractivity contribution in [1.82, 2.24) is 9.13 Å². The van der Waals surface area contributed by atoms with Gasteiger partial charge in [-0.25, -0.2) is 0 Å². The second-order valence-corrected chi connectivity index (χ2v) is 12.3. The van der Waals surface area contributed by atoms with Crippen LogP contribution >= 0.6 is 0 Å². The van der Waals surface area contributed by atoms with E-state index in [1.807, 2.05) is 42.5 Å². The minimum Gasteiger partial charge on any atom is -0.309 e. The van der Waals surface area contributed by atoms with Gasteiger partial charge in [0.05, 0.1) is 62.3 Å². The fourth-order valence-corrected chi connectivity index (χ4v) is 7.46. The maximum atomic E-state index is 10.6. The number of fused-ring (bicyclic) bond motifs is 6. The van der Waals surface area contributed by atoms with Gasteiger partial charge in [0.25, 0.3) is 0 Å². The largest absolute Gasteiger partial charge is 0.309 e. The first-order valence-corrected chi connectivity index (χ1v) is 16.3. The van der Waals surface area contributed by atoms with Gasteiger partial charge in [0.15, 0.2) is 0 Å². The summed E-state index contributed by atoms with van der Waals surface area (Å²) in [6.45, 7) is 0. The molecule has 9 aromatic rings. The van der Waals surface area contributed by atoms with Gasteiger partial charge in [-0.2, -0.15) is 15.8 Å². The van der Waals surface area contributed by atoms with Crippen molar-refractivity contribution in [2.75, 3.05) is 0 Å². The third-order valence-corrected chi connectivity index (χ3v) is 9.63. The van der Waals surface area contributed by atoms with E-state index in [9.17, 15) is 15.8 Å². The van der Waals surface area contributed by atoms with E-state index in [4.69, 9.17) is 0 Å². The van der Waals surface area contributed by atoms with Crippen molar-refractivity contribution in [3.05, 3.63) is 168 Å². The Balaban J connectivity index is 1.24. The van der Waals surface area contributed by atoms with Gasteiger partial charge in [0, 0.05) is 27.1 Å². The topological polar surface area (TPSA) is 81.2 Å². The van der Waals surface area contributed by atoms with Crippen molar-refractivity contribution >= 4 is 43.6 Å². The highest BCUT2D eigenvalue weighted by Gasteiger charge is 2.20. The van der Waals surface area contributed by atoms with Gasteiger partial charge >= 0.3 is 0 Å². The average Bonchev–Trinajstić information content (AvgIpc) is 3.69. The molecule has 5 nitrogen and oxygen atoms in total. The maximum Gasteiger partial charge on any atom is 0.101 e. The first-order chi connectivity index (χ1) is 24.7. The Hall–Kier alpha value is -7.39. The number of benzene rings is 7. The normalized spacial score (nSPS) is 11.1. The molecular formula is C45H25N5. The molecule has 0 N–H and O–H groups in total. The minimum absolute atomic E-state index is 0.514. The van der Waals surface area contributed by atoms with Crippen molar-refractivity contribution in [3.63, 3.8) is 0 Å². The summed E-state index contributed by atoms with van der Waals surface area (Å²) in [6.07, 6.45) is 0. The third-order valence-electron chi connectivity index (χ3n) is 9.63. The van der Waals surface area contributed by atoms with E-state index in [1.54, 1.807) is 12.1 Å². The summed E-state index contributed by atoms with van der Waals surface area (Å²) in [5.74, 6) is 0. The van der Waals surface area contributed by atoms with Crippen molar-refractivity contribution in [1.29, 1.82) is 15.8 Å². The monoisotopic (exact) mass is 635 g/mol. The van der Waals surface area contributed by atoms with Gasteiger partial charge < -0.3 is 9.13 Å². The number of hydrogen-bond acceptors (Lipinski definition) is 3. The molecule has 50 heavy (non-hydrogen) atoms. The molecule has 0 radical (unpaired) electrons. The predicted octanol–water partition coefficient (Wildman–Crippen LogP) is 10.8. The molecule has 0 spiro atoms. The standard InChI is InChI=1S/C45H25N5/c46-26-29-17-20-44-38(23-29)39-24-30(27-47)18-21-45(39)49(44)40-22-19-31(25-32(40)28-48)33-9-1-2-10-34(33)35-11-3-6-14-41(35)50-42-15-7-4-12-36(42)37-13-5-8-16-43(37)50/h1-25H. The summed E-state index contributed by atoms with van der Waals surface area (Å²) in [7, 11) is 0. The molecule has 0 atom stereocenters. The van der Waals surface area contributed by atoms with Crippen LogP contribution in [0.25, 0.3) is 77.2 Å². The minimum atomic E-state index is 0.514. The molecule has 2 aromatic heterocycles. The van der Waals surface area contributed by atoms with Gasteiger partial charge in [-0.3, -0.25) is 0 Å². The molecule has 0 fully saturated rings. The molecule has 0 aliphatic carbocycles. The highest BCUT2D eigenvalue weighted by Crippen LogP contribution is 2.41. The van der Waals surface area contributed by atoms with E-state index >= 15 is 0 Å². The average molecular weight is 636 g/mol. The van der Waals surface area contributed by atoms with Crippen molar-refractivity contribution in [2.45, 2.75) is 0 Å². The zero-order valence-corrected chi connectivity index (χ0v) is 26.7. The molecule has 9 rings (SSSR count). The first kappa shape index (κ1) is 28.8. The summed E-state index contributed by atoms with van der Waals surface area (Å²) in [5, 5.41) is 34.0. The molecular weight excluding hydrogens is 611 g/mol.